The molecule has 1 aromatic carbocycles. The number of benzene rings is 1. The number of amides is 1. The van der Waals surface area contributed by atoms with E-state index in [9.17, 15) is 14.0 Å². The summed E-state index contributed by atoms with van der Waals surface area (Å²) in [5.74, 6) is -1.70. The summed E-state index contributed by atoms with van der Waals surface area (Å²) in [6.45, 7) is 2.78. The molecule has 1 fully saturated rings. The lowest BCUT2D eigenvalue weighted by Crippen LogP contribution is -2.55. The summed E-state index contributed by atoms with van der Waals surface area (Å²) in [4.78, 5) is 24.3. The highest BCUT2D eigenvalue weighted by atomic mass is 19.1. The Bertz CT molecular complexity index is 586. The van der Waals surface area contributed by atoms with Gasteiger partial charge in [0, 0.05) is 24.7 Å². The molecule has 0 bridgehead atoms. The Morgan fingerprint density at radius 3 is 3.00 bits per heavy atom. The third kappa shape index (κ3) is 3.21. The van der Waals surface area contributed by atoms with Crippen LogP contribution in [0.3, 0.4) is 0 Å². The van der Waals surface area contributed by atoms with Crippen LogP contribution in [-0.2, 0) is 9.59 Å². The molecule has 6 heteroatoms. The van der Waals surface area contributed by atoms with Crippen LogP contribution in [0, 0.1) is 5.82 Å². The zero-order valence-electron chi connectivity index (χ0n) is 11.7. The van der Waals surface area contributed by atoms with Gasteiger partial charge in [-0.05, 0) is 18.6 Å². The van der Waals surface area contributed by atoms with Crippen LogP contribution < -0.4 is 10.2 Å². The van der Waals surface area contributed by atoms with Gasteiger partial charge in [-0.15, -0.1) is 0 Å². The minimum atomic E-state index is -1.10. The zero-order chi connectivity index (χ0) is 15.4. The molecule has 21 heavy (non-hydrogen) atoms. The predicted molar refractivity (Wildman–Crippen MR) is 77.5 cm³/mol. The molecule has 112 valence electrons. The number of carbonyl (C=O) groups excluding carboxylic acids is 1. The fourth-order valence-corrected chi connectivity index (χ4v) is 2.52. The van der Waals surface area contributed by atoms with E-state index < -0.39 is 17.8 Å². The van der Waals surface area contributed by atoms with Crippen LogP contribution in [-0.4, -0.2) is 36.1 Å². The largest absolute Gasteiger partial charge is 0.478 e. The summed E-state index contributed by atoms with van der Waals surface area (Å²) in [5.41, 5.74) is 0.724. The Balaban J connectivity index is 2.46. The van der Waals surface area contributed by atoms with Crippen LogP contribution in [0.15, 0.2) is 24.3 Å². The minimum absolute atomic E-state index is 0.139. The Morgan fingerprint density at radius 2 is 2.33 bits per heavy atom. The molecule has 1 saturated heterocycles. The van der Waals surface area contributed by atoms with Crippen molar-refractivity contribution in [2.75, 3.05) is 18.0 Å². The Kier molecular flexibility index (Phi) is 4.57. The molecular formula is C15H17FN2O3. The maximum atomic E-state index is 14.2. The van der Waals surface area contributed by atoms with Gasteiger partial charge in [0.25, 0.3) is 0 Å². The van der Waals surface area contributed by atoms with E-state index in [0.29, 0.717) is 25.1 Å². The highest BCUT2D eigenvalue weighted by molar-refractivity contribution is 5.90. The number of carboxylic acid groups (broad SMARTS) is 1. The van der Waals surface area contributed by atoms with Crippen molar-refractivity contribution in [1.29, 1.82) is 0 Å². The molecule has 5 nitrogen and oxygen atoms in total. The third-order valence-electron chi connectivity index (χ3n) is 3.43. The van der Waals surface area contributed by atoms with Gasteiger partial charge < -0.3 is 15.3 Å². The number of halogens is 1. The topological polar surface area (TPSA) is 69.6 Å². The molecule has 1 atom stereocenters. The number of hydrogen-bond donors (Lipinski definition) is 2. The van der Waals surface area contributed by atoms with Crippen molar-refractivity contribution in [3.8, 4) is 0 Å². The summed E-state index contributed by atoms with van der Waals surface area (Å²) in [5, 5.41) is 11.5. The molecule has 1 aliphatic rings. The lowest BCUT2D eigenvalue weighted by molar-refractivity contribution is -0.131. The fraction of sp³-hybridized carbons (Fsp3) is 0.333. The average Bonchev–Trinajstić information content (AvgIpc) is 2.45. The number of nitrogens with one attached hydrogen (secondary N) is 1. The lowest BCUT2D eigenvalue weighted by atomic mass is 10.0. The second-order valence-electron chi connectivity index (χ2n) is 4.76. The van der Waals surface area contributed by atoms with Crippen molar-refractivity contribution in [3.63, 3.8) is 0 Å². The molecule has 1 aromatic rings. The number of aliphatic carboxylic acids is 1. The highest BCUT2D eigenvalue weighted by Gasteiger charge is 2.30. The van der Waals surface area contributed by atoms with Gasteiger partial charge in [-0.1, -0.05) is 19.1 Å². The van der Waals surface area contributed by atoms with Gasteiger partial charge in [-0.2, -0.15) is 0 Å². The summed E-state index contributed by atoms with van der Waals surface area (Å²) < 4.78 is 14.2. The predicted octanol–water partition coefficient (Wildman–Crippen LogP) is 1.64. The molecule has 2 N–H and O–H groups in total. The van der Waals surface area contributed by atoms with Gasteiger partial charge in [-0.25, -0.2) is 9.18 Å². The molecule has 2 rings (SSSR count). The van der Waals surface area contributed by atoms with E-state index in [4.69, 9.17) is 5.11 Å². The van der Waals surface area contributed by atoms with Gasteiger partial charge in [0.15, 0.2) is 0 Å². The molecule has 0 radical (unpaired) electrons. The Labute approximate surface area is 122 Å². The summed E-state index contributed by atoms with van der Waals surface area (Å²) in [7, 11) is 0. The monoisotopic (exact) mass is 292 g/mol. The average molecular weight is 292 g/mol. The molecule has 1 aliphatic heterocycles. The van der Waals surface area contributed by atoms with Crippen LogP contribution in [0.1, 0.15) is 18.9 Å². The third-order valence-corrected chi connectivity index (χ3v) is 3.43. The summed E-state index contributed by atoms with van der Waals surface area (Å²) in [6, 6.07) is 4.02. The van der Waals surface area contributed by atoms with Crippen molar-refractivity contribution < 1.29 is 19.1 Å². The van der Waals surface area contributed by atoms with E-state index in [1.165, 1.54) is 18.2 Å². The van der Waals surface area contributed by atoms with E-state index in [-0.39, 0.29) is 11.6 Å². The first-order valence-electron chi connectivity index (χ1n) is 6.78. The van der Waals surface area contributed by atoms with Crippen LogP contribution in [0.5, 0.6) is 0 Å². The maximum Gasteiger partial charge on any atom is 0.328 e. The van der Waals surface area contributed by atoms with Gasteiger partial charge in [0.05, 0.1) is 5.69 Å². The molecule has 1 unspecified atom stereocenters. The minimum Gasteiger partial charge on any atom is -0.478 e. The number of anilines is 1. The van der Waals surface area contributed by atoms with Gasteiger partial charge >= 0.3 is 5.97 Å². The zero-order valence-corrected chi connectivity index (χ0v) is 11.7. The van der Waals surface area contributed by atoms with Crippen LogP contribution in [0.25, 0.3) is 6.08 Å². The standard InChI is InChI=1S/C15H17FN2O3/c1-2-12-15(21)17-8-9-18(12)14-10(6-7-13(19)20)4-3-5-11(14)16/h3-7,12H,2,8-9H2,1H3,(H,17,21)(H,19,20)/b7-6+. The first-order valence-corrected chi connectivity index (χ1v) is 6.78. The van der Waals surface area contributed by atoms with E-state index in [2.05, 4.69) is 5.32 Å². The number of rotatable bonds is 4. The number of piperazine rings is 1. The maximum absolute atomic E-state index is 14.2. The molecule has 0 aromatic heterocycles. The molecule has 0 spiro atoms. The van der Waals surface area contributed by atoms with E-state index in [1.807, 2.05) is 6.92 Å². The Morgan fingerprint density at radius 1 is 1.57 bits per heavy atom. The van der Waals surface area contributed by atoms with Gasteiger partial charge in [-0.3, -0.25) is 4.79 Å². The lowest BCUT2D eigenvalue weighted by Gasteiger charge is -2.37. The van der Waals surface area contributed by atoms with Crippen molar-refractivity contribution >= 4 is 23.6 Å². The quantitative estimate of drug-likeness (QED) is 0.828. The smallest absolute Gasteiger partial charge is 0.328 e. The number of carbonyl (C=O) groups is 2. The number of nitrogens with zero attached hydrogens (tertiary/aromatic N) is 1. The molecule has 0 saturated carbocycles. The van der Waals surface area contributed by atoms with Gasteiger partial charge in [0.2, 0.25) is 5.91 Å². The Hall–Kier alpha value is -2.37. The van der Waals surface area contributed by atoms with Crippen molar-refractivity contribution in [2.45, 2.75) is 19.4 Å². The normalized spacial score (nSPS) is 18.9. The second-order valence-corrected chi connectivity index (χ2v) is 4.76. The number of para-hydroxylation sites is 1. The van der Waals surface area contributed by atoms with Crippen LogP contribution in [0.2, 0.25) is 0 Å². The van der Waals surface area contributed by atoms with Crippen molar-refractivity contribution in [3.05, 3.63) is 35.7 Å². The first-order chi connectivity index (χ1) is 10.0. The molecule has 1 amide bonds. The highest BCUT2D eigenvalue weighted by Crippen LogP contribution is 2.29. The fourth-order valence-electron chi connectivity index (χ4n) is 2.52. The van der Waals surface area contributed by atoms with Crippen molar-refractivity contribution in [1.82, 2.24) is 5.32 Å². The number of hydrogen-bond acceptors (Lipinski definition) is 3. The SMILES string of the molecule is CCC1C(=O)NCCN1c1c(F)cccc1/C=C/C(=O)O. The van der Waals surface area contributed by atoms with Crippen LogP contribution >= 0.6 is 0 Å². The van der Waals surface area contributed by atoms with Gasteiger partial charge in [0.1, 0.15) is 11.9 Å². The summed E-state index contributed by atoms with van der Waals surface area (Å²) >= 11 is 0. The molecule has 0 aliphatic carbocycles. The van der Waals surface area contributed by atoms with Crippen LogP contribution in [0.4, 0.5) is 10.1 Å². The molecular weight excluding hydrogens is 275 g/mol. The number of carboxylic acids is 1. The molecule has 1 heterocycles. The van der Waals surface area contributed by atoms with E-state index in [1.54, 1.807) is 11.0 Å². The van der Waals surface area contributed by atoms with E-state index >= 15 is 0 Å². The second kappa shape index (κ2) is 6.39. The van der Waals surface area contributed by atoms with E-state index in [0.717, 1.165) is 6.08 Å². The first kappa shape index (κ1) is 15.0. The van der Waals surface area contributed by atoms with Crippen molar-refractivity contribution in [2.24, 2.45) is 0 Å². The summed E-state index contributed by atoms with van der Waals surface area (Å²) in [6.07, 6.45) is 2.85.